The first kappa shape index (κ1) is 17.2. The molecule has 26 heavy (non-hydrogen) atoms. The van der Waals surface area contributed by atoms with Crippen molar-refractivity contribution >= 4 is 27.5 Å². The number of imidazole rings is 1. The van der Waals surface area contributed by atoms with Crippen molar-refractivity contribution in [3.63, 3.8) is 0 Å². The lowest BCUT2D eigenvalue weighted by atomic mass is 9.98. The van der Waals surface area contributed by atoms with Gasteiger partial charge in [0.15, 0.2) is 0 Å². The van der Waals surface area contributed by atoms with Crippen molar-refractivity contribution in [3.05, 3.63) is 47.5 Å². The van der Waals surface area contributed by atoms with Gasteiger partial charge in [-0.3, -0.25) is 4.79 Å². The molecule has 5 nitrogen and oxygen atoms in total. The van der Waals surface area contributed by atoms with Crippen molar-refractivity contribution in [2.75, 3.05) is 13.1 Å². The van der Waals surface area contributed by atoms with E-state index >= 15 is 0 Å². The van der Waals surface area contributed by atoms with Gasteiger partial charge in [0.1, 0.15) is 5.82 Å². The number of likely N-dealkylation sites (tertiary alicyclic amines) is 1. The summed E-state index contributed by atoms with van der Waals surface area (Å²) in [7, 11) is 0. The lowest BCUT2D eigenvalue weighted by Gasteiger charge is -2.32. The number of hydrogen-bond acceptors (Lipinski definition) is 4. The molecule has 0 spiro atoms. The Kier molecular flexibility index (Phi) is 5.02. The van der Waals surface area contributed by atoms with Crippen LogP contribution in [0, 0.1) is 0 Å². The van der Waals surface area contributed by atoms with Crippen molar-refractivity contribution in [2.45, 2.75) is 45.1 Å². The summed E-state index contributed by atoms with van der Waals surface area (Å²) in [5.74, 6) is 1.65. The van der Waals surface area contributed by atoms with Gasteiger partial charge >= 0.3 is 0 Å². The first-order valence-corrected chi connectivity index (χ1v) is 10.2. The molecule has 0 N–H and O–H groups in total. The number of carbonyl (C=O) groups is 1. The Morgan fingerprint density at radius 1 is 1.35 bits per heavy atom. The number of benzene rings is 1. The molecule has 0 bridgehead atoms. The number of thiazole rings is 1. The van der Waals surface area contributed by atoms with Crippen LogP contribution in [0.2, 0.25) is 0 Å². The highest BCUT2D eigenvalue weighted by atomic mass is 32.1. The van der Waals surface area contributed by atoms with Crippen LogP contribution in [0.4, 0.5) is 0 Å². The predicted molar refractivity (Wildman–Crippen MR) is 104 cm³/mol. The van der Waals surface area contributed by atoms with Crippen molar-refractivity contribution < 1.29 is 4.79 Å². The molecule has 6 heteroatoms. The molecule has 1 fully saturated rings. The molecule has 1 aliphatic heterocycles. The number of fused-ring (bicyclic) bond motifs is 1. The molecule has 0 saturated carbocycles. The summed E-state index contributed by atoms with van der Waals surface area (Å²) in [5, 5.41) is 1.17. The van der Waals surface area contributed by atoms with Gasteiger partial charge in [-0.2, -0.15) is 0 Å². The van der Waals surface area contributed by atoms with E-state index in [1.54, 1.807) is 11.3 Å². The van der Waals surface area contributed by atoms with Crippen LogP contribution in [-0.4, -0.2) is 38.4 Å². The summed E-state index contributed by atoms with van der Waals surface area (Å²) in [6, 6.07) is 8.28. The molecule has 4 rings (SSSR count). The van der Waals surface area contributed by atoms with Gasteiger partial charge < -0.3 is 9.47 Å². The third-order valence-electron chi connectivity index (χ3n) is 5.12. The van der Waals surface area contributed by atoms with Gasteiger partial charge in [0.2, 0.25) is 5.91 Å². The third kappa shape index (κ3) is 3.51. The maximum Gasteiger partial charge on any atom is 0.224 e. The number of carbonyl (C=O) groups excluding carboxylic acids is 1. The number of amides is 1. The largest absolute Gasteiger partial charge is 0.342 e. The molecule has 1 saturated heterocycles. The van der Waals surface area contributed by atoms with Crippen LogP contribution < -0.4 is 0 Å². The van der Waals surface area contributed by atoms with Crippen molar-refractivity contribution in [2.24, 2.45) is 0 Å². The molecule has 1 aliphatic rings. The maximum atomic E-state index is 12.7. The lowest BCUT2D eigenvalue weighted by molar-refractivity contribution is -0.132. The molecule has 3 heterocycles. The minimum Gasteiger partial charge on any atom is -0.342 e. The zero-order valence-electron chi connectivity index (χ0n) is 15.1. The normalized spacial score (nSPS) is 17.7. The van der Waals surface area contributed by atoms with E-state index in [1.807, 2.05) is 23.4 Å². The van der Waals surface area contributed by atoms with Crippen LogP contribution in [0.3, 0.4) is 0 Å². The maximum absolute atomic E-state index is 12.7. The lowest BCUT2D eigenvalue weighted by Crippen LogP contribution is -2.39. The Morgan fingerprint density at radius 2 is 2.23 bits per heavy atom. The quantitative estimate of drug-likeness (QED) is 0.687. The van der Waals surface area contributed by atoms with Gasteiger partial charge in [-0.15, -0.1) is 11.3 Å². The fourth-order valence-electron chi connectivity index (χ4n) is 3.70. The molecule has 0 aliphatic carbocycles. The summed E-state index contributed by atoms with van der Waals surface area (Å²) in [6.07, 6.45) is 7.38. The summed E-state index contributed by atoms with van der Waals surface area (Å²) in [6.45, 7) is 4.46. The second kappa shape index (κ2) is 7.58. The number of hydrogen-bond donors (Lipinski definition) is 0. The number of nitrogens with zero attached hydrogens (tertiary/aromatic N) is 4. The van der Waals surface area contributed by atoms with E-state index in [2.05, 4.69) is 34.7 Å². The van der Waals surface area contributed by atoms with Crippen LogP contribution in [0.15, 0.2) is 36.7 Å². The van der Waals surface area contributed by atoms with E-state index in [1.165, 1.54) is 9.71 Å². The minimum atomic E-state index is 0.242. The molecular formula is C20H24N4OS. The Bertz CT molecular complexity index is 867. The van der Waals surface area contributed by atoms with Crippen LogP contribution in [0.5, 0.6) is 0 Å². The molecule has 2 aromatic heterocycles. The summed E-state index contributed by atoms with van der Waals surface area (Å²) in [4.78, 5) is 23.9. The van der Waals surface area contributed by atoms with Crippen molar-refractivity contribution in [1.82, 2.24) is 19.4 Å². The van der Waals surface area contributed by atoms with Crippen LogP contribution in [-0.2, 0) is 17.8 Å². The van der Waals surface area contributed by atoms with Gasteiger partial charge in [-0.05, 0) is 25.0 Å². The summed E-state index contributed by atoms with van der Waals surface area (Å²) < 4.78 is 3.32. The second-order valence-corrected chi connectivity index (χ2v) is 7.90. The van der Waals surface area contributed by atoms with E-state index in [9.17, 15) is 4.79 Å². The van der Waals surface area contributed by atoms with E-state index in [0.717, 1.165) is 43.7 Å². The zero-order valence-corrected chi connectivity index (χ0v) is 15.9. The molecule has 3 aromatic rings. The molecular weight excluding hydrogens is 344 g/mol. The third-order valence-corrected chi connectivity index (χ3v) is 6.32. The summed E-state index contributed by atoms with van der Waals surface area (Å²) in [5.41, 5.74) is 1.07. The standard InChI is InChI=1S/C20H24N4OS/c1-2-18-21-10-13-23(18)12-9-19(25)24-11-5-6-15(14-24)20-22-16-7-3-4-8-17(16)26-20/h3-4,7-8,10,13,15H,2,5-6,9,11-12,14H2,1H3/t15-/m1/s1. The predicted octanol–water partition coefficient (Wildman–Crippen LogP) is 3.85. The Morgan fingerprint density at radius 3 is 3.08 bits per heavy atom. The monoisotopic (exact) mass is 368 g/mol. The van der Waals surface area contributed by atoms with E-state index in [0.29, 0.717) is 18.9 Å². The molecule has 1 aromatic carbocycles. The Labute approximate surface area is 157 Å². The van der Waals surface area contributed by atoms with Gasteiger partial charge in [0.25, 0.3) is 0 Å². The average molecular weight is 369 g/mol. The fraction of sp³-hybridized carbons (Fsp3) is 0.450. The minimum absolute atomic E-state index is 0.242. The average Bonchev–Trinajstić information content (AvgIpc) is 3.32. The highest BCUT2D eigenvalue weighted by Gasteiger charge is 2.26. The molecule has 0 unspecified atom stereocenters. The van der Waals surface area contributed by atoms with E-state index in [-0.39, 0.29) is 5.91 Å². The van der Waals surface area contributed by atoms with Crippen molar-refractivity contribution in [1.29, 1.82) is 0 Å². The molecule has 1 atom stereocenters. The van der Waals surface area contributed by atoms with Crippen LogP contribution in [0.1, 0.15) is 42.9 Å². The van der Waals surface area contributed by atoms with Gasteiger partial charge in [-0.25, -0.2) is 9.97 Å². The molecule has 0 radical (unpaired) electrons. The van der Waals surface area contributed by atoms with Crippen molar-refractivity contribution in [3.8, 4) is 0 Å². The molecule has 136 valence electrons. The first-order valence-electron chi connectivity index (χ1n) is 9.38. The van der Waals surface area contributed by atoms with E-state index < -0.39 is 0 Å². The Balaban J connectivity index is 1.40. The number of para-hydroxylation sites is 1. The summed E-state index contributed by atoms with van der Waals surface area (Å²) >= 11 is 1.77. The van der Waals surface area contributed by atoms with Crippen LogP contribution in [0.25, 0.3) is 10.2 Å². The van der Waals surface area contributed by atoms with Gasteiger partial charge in [-0.1, -0.05) is 19.1 Å². The van der Waals surface area contributed by atoms with Gasteiger partial charge in [0, 0.05) is 50.8 Å². The number of aromatic nitrogens is 3. The SMILES string of the molecule is CCc1nccn1CCC(=O)N1CCC[C@@H](c2nc3ccccc3s2)C1. The first-order chi connectivity index (χ1) is 12.7. The second-order valence-electron chi connectivity index (χ2n) is 6.84. The number of rotatable bonds is 5. The smallest absolute Gasteiger partial charge is 0.224 e. The number of piperidine rings is 1. The molecule has 1 amide bonds. The van der Waals surface area contributed by atoms with E-state index in [4.69, 9.17) is 4.98 Å². The highest BCUT2D eigenvalue weighted by molar-refractivity contribution is 7.18. The topological polar surface area (TPSA) is 51.0 Å². The van der Waals surface area contributed by atoms with Crippen LogP contribution >= 0.6 is 11.3 Å². The fourth-order valence-corrected chi connectivity index (χ4v) is 4.80. The van der Waals surface area contributed by atoms with Gasteiger partial charge in [0.05, 0.1) is 15.2 Å². The number of aryl methyl sites for hydroxylation is 2. The zero-order chi connectivity index (χ0) is 17.9. The Hall–Kier alpha value is -2.21. The highest BCUT2D eigenvalue weighted by Crippen LogP contribution is 2.33.